The predicted molar refractivity (Wildman–Crippen MR) is 73.2 cm³/mol. The van der Waals surface area contributed by atoms with Crippen LogP contribution in [0.3, 0.4) is 0 Å². The largest absolute Gasteiger partial charge is 0.253 e. The lowest BCUT2D eigenvalue weighted by Gasteiger charge is -2.06. The van der Waals surface area contributed by atoms with Crippen LogP contribution in [-0.2, 0) is 6.42 Å². The number of aromatic nitrogens is 1. The molecule has 1 aromatic heterocycles. The molecule has 0 fully saturated rings. The van der Waals surface area contributed by atoms with Gasteiger partial charge in [0.2, 0.25) is 0 Å². The van der Waals surface area contributed by atoms with E-state index in [9.17, 15) is 0 Å². The van der Waals surface area contributed by atoms with Gasteiger partial charge >= 0.3 is 0 Å². The summed E-state index contributed by atoms with van der Waals surface area (Å²) in [5, 5.41) is 1.83. The molecule has 84 valence electrons. The minimum absolute atomic E-state index is 0.795. The summed E-state index contributed by atoms with van der Waals surface area (Å²) in [6, 6.07) is 6.08. The second-order valence-corrected chi connectivity index (χ2v) is 5.23. The zero-order valence-corrected chi connectivity index (χ0v) is 11.7. The molecule has 16 heavy (non-hydrogen) atoms. The lowest BCUT2D eigenvalue weighted by Crippen LogP contribution is -1.91. The van der Waals surface area contributed by atoms with Gasteiger partial charge in [-0.15, -0.1) is 0 Å². The van der Waals surface area contributed by atoms with Crippen molar-refractivity contribution in [3.05, 3.63) is 39.0 Å². The molecule has 0 spiro atoms. The molecule has 0 aliphatic heterocycles. The second kappa shape index (κ2) is 4.72. The maximum atomic E-state index is 6.27. The first-order valence-corrected chi connectivity index (χ1v) is 6.54. The second-order valence-electron chi connectivity index (χ2n) is 3.96. The average Bonchev–Trinajstić information content (AvgIpc) is 2.22. The molecule has 1 nitrogen and oxygen atoms in total. The van der Waals surface area contributed by atoms with E-state index in [0.717, 1.165) is 38.9 Å². The third kappa shape index (κ3) is 2.23. The summed E-state index contributed by atoms with van der Waals surface area (Å²) in [5.74, 6) is 0. The Hall–Kier alpha value is -0.600. The molecule has 0 atom stereocenters. The van der Waals surface area contributed by atoms with Gasteiger partial charge in [-0.3, -0.25) is 4.98 Å². The summed E-state index contributed by atoms with van der Waals surface area (Å²) in [5.41, 5.74) is 3.21. The van der Waals surface area contributed by atoms with Crippen molar-refractivity contribution in [3.63, 3.8) is 0 Å². The van der Waals surface area contributed by atoms with E-state index in [-0.39, 0.29) is 0 Å². The Kier molecular flexibility index (Phi) is 3.50. The van der Waals surface area contributed by atoms with Crippen molar-refractivity contribution in [2.45, 2.75) is 26.7 Å². The van der Waals surface area contributed by atoms with Crippen LogP contribution >= 0.6 is 27.5 Å². The lowest BCUT2D eigenvalue weighted by molar-refractivity contribution is 0.890. The van der Waals surface area contributed by atoms with E-state index in [2.05, 4.69) is 40.8 Å². The van der Waals surface area contributed by atoms with Gasteiger partial charge in [0.1, 0.15) is 0 Å². The first-order chi connectivity index (χ1) is 7.61. The maximum Gasteiger partial charge on any atom is 0.0731 e. The quantitative estimate of drug-likeness (QED) is 0.767. The summed E-state index contributed by atoms with van der Waals surface area (Å²) in [4.78, 5) is 4.61. The molecule has 0 bridgehead atoms. The number of nitrogens with zero attached hydrogens (tertiary/aromatic N) is 1. The van der Waals surface area contributed by atoms with Crippen LogP contribution in [0.25, 0.3) is 10.9 Å². The summed E-state index contributed by atoms with van der Waals surface area (Å²) >= 11 is 9.79. The molecular formula is C13H13BrClN. The number of pyridine rings is 1. The molecule has 0 saturated carbocycles. The summed E-state index contributed by atoms with van der Waals surface area (Å²) in [7, 11) is 0. The van der Waals surface area contributed by atoms with Gasteiger partial charge in [-0.05, 0) is 37.1 Å². The van der Waals surface area contributed by atoms with Crippen LogP contribution in [0.4, 0.5) is 0 Å². The summed E-state index contributed by atoms with van der Waals surface area (Å²) in [6.07, 6.45) is 2.06. The molecule has 0 radical (unpaired) electrons. The number of halogens is 2. The smallest absolute Gasteiger partial charge is 0.0731 e. The minimum atomic E-state index is 0.795. The van der Waals surface area contributed by atoms with Gasteiger partial charge in [0.05, 0.1) is 10.5 Å². The van der Waals surface area contributed by atoms with Crippen molar-refractivity contribution in [2.24, 2.45) is 0 Å². The lowest BCUT2D eigenvalue weighted by atomic mass is 10.1. The van der Waals surface area contributed by atoms with Gasteiger partial charge in [-0.2, -0.15) is 0 Å². The SMILES string of the molecule is CCCc1cc(Cl)c2cc(C)c(Br)cc2n1. The van der Waals surface area contributed by atoms with Crippen molar-refractivity contribution in [1.82, 2.24) is 4.98 Å². The van der Waals surface area contributed by atoms with Gasteiger partial charge in [0.15, 0.2) is 0 Å². The Balaban J connectivity index is 2.67. The number of fused-ring (bicyclic) bond motifs is 1. The number of aryl methyl sites for hydroxylation is 2. The van der Waals surface area contributed by atoms with Crippen LogP contribution in [0, 0.1) is 6.92 Å². The molecule has 0 aliphatic carbocycles. The van der Waals surface area contributed by atoms with Gasteiger partial charge in [-0.1, -0.05) is 40.9 Å². The highest BCUT2D eigenvalue weighted by Crippen LogP contribution is 2.28. The van der Waals surface area contributed by atoms with Crippen molar-refractivity contribution in [1.29, 1.82) is 0 Å². The van der Waals surface area contributed by atoms with Crippen molar-refractivity contribution >= 4 is 38.4 Å². The Labute approximate surface area is 109 Å². The first-order valence-electron chi connectivity index (χ1n) is 5.37. The number of hydrogen-bond donors (Lipinski definition) is 0. The Morgan fingerprint density at radius 1 is 1.31 bits per heavy atom. The van der Waals surface area contributed by atoms with Crippen molar-refractivity contribution < 1.29 is 0 Å². The monoisotopic (exact) mass is 297 g/mol. The third-order valence-electron chi connectivity index (χ3n) is 2.60. The highest BCUT2D eigenvalue weighted by atomic mass is 79.9. The predicted octanol–water partition coefficient (Wildman–Crippen LogP) is 4.91. The van der Waals surface area contributed by atoms with Crippen molar-refractivity contribution in [3.8, 4) is 0 Å². The molecule has 3 heteroatoms. The molecule has 0 unspecified atom stereocenters. The topological polar surface area (TPSA) is 12.9 Å². The average molecular weight is 299 g/mol. The zero-order valence-electron chi connectivity index (χ0n) is 9.35. The van der Waals surface area contributed by atoms with Gasteiger partial charge in [-0.25, -0.2) is 0 Å². The first kappa shape index (κ1) is 11.9. The fraction of sp³-hybridized carbons (Fsp3) is 0.308. The fourth-order valence-electron chi connectivity index (χ4n) is 1.75. The standard InChI is InChI=1S/C13H13BrClN/c1-3-4-9-6-12(15)10-5-8(2)11(14)7-13(10)16-9/h5-7H,3-4H2,1-2H3. The van der Waals surface area contributed by atoms with Crippen LogP contribution in [-0.4, -0.2) is 4.98 Å². The van der Waals surface area contributed by atoms with Gasteiger partial charge < -0.3 is 0 Å². The van der Waals surface area contributed by atoms with Crippen LogP contribution < -0.4 is 0 Å². The summed E-state index contributed by atoms with van der Waals surface area (Å²) in [6.45, 7) is 4.20. The summed E-state index contributed by atoms with van der Waals surface area (Å²) < 4.78 is 1.08. The number of rotatable bonds is 2. The molecular weight excluding hydrogens is 286 g/mol. The maximum absolute atomic E-state index is 6.27. The van der Waals surface area contributed by atoms with E-state index in [1.54, 1.807) is 0 Å². The minimum Gasteiger partial charge on any atom is -0.253 e. The molecule has 0 saturated heterocycles. The number of benzene rings is 1. The highest BCUT2D eigenvalue weighted by Gasteiger charge is 2.06. The molecule has 2 rings (SSSR count). The van der Waals surface area contributed by atoms with E-state index in [1.165, 1.54) is 5.56 Å². The van der Waals surface area contributed by atoms with Crippen LogP contribution in [0.1, 0.15) is 24.6 Å². The molecule has 0 N–H and O–H groups in total. The third-order valence-corrected chi connectivity index (χ3v) is 3.76. The molecule has 0 aliphatic rings. The molecule has 2 aromatic rings. The highest BCUT2D eigenvalue weighted by molar-refractivity contribution is 9.10. The Morgan fingerprint density at radius 2 is 2.06 bits per heavy atom. The molecule has 1 aromatic carbocycles. The van der Waals surface area contributed by atoms with Crippen LogP contribution in [0.2, 0.25) is 5.02 Å². The van der Waals surface area contributed by atoms with E-state index in [4.69, 9.17) is 11.6 Å². The van der Waals surface area contributed by atoms with E-state index in [1.807, 2.05) is 12.1 Å². The number of hydrogen-bond acceptors (Lipinski definition) is 1. The van der Waals surface area contributed by atoms with E-state index < -0.39 is 0 Å². The van der Waals surface area contributed by atoms with E-state index in [0.29, 0.717) is 0 Å². The normalized spacial score (nSPS) is 11.0. The van der Waals surface area contributed by atoms with Crippen LogP contribution in [0.5, 0.6) is 0 Å². The van der Waals surface area contributed by atoms with E-state index >= 15 is 0 Å². The molecule has 0 amide bonds. The van der Waals surface area contributed by atoms with Gasteiger partial charge in [0.25, 0.3) is 0 Å². The van der Waals surface area contributed by atoms with Gasteiger partial charge in [0, 0.05) is 15.6 Å². The Morgan fingerprint density at radius 3 is 2.75 bits per heavy atom. The fourth-order valence-corrected chi connectivity index (χ4v) is 2.36. The Bertz CT molecular complexity index is 537. The molecule has 1 heterocycles. The van der Waals surface area contributed by atoms with Crippen LogP contribution in [0.15, 0.2) is 22.7 Å². The zero-order chi connectivity index (χ0) is 11.7. The van der Waals surface area contributed by atoms with Crippen molar-refractivity contribution in [2.75, 3.05) is 0 Å².